The van der Waals surface area contributed by atoms with Crippen LogP contribution in [0, 0.1) is 0 Å². The predicted octanol–water partition coefficient (Wildman–Crippen LogP) is 1.14. The molecule has 3 rings (SSSR count). The number of thioether (sulfide) groups is 1. The molecule has 13 nitrogen and oxygen atoms in total. The van der Waals surface area contributed by atoms with Gasteiger partial charge in [0.25, 0.3) is 0 Å². The van der Waals surface area contributed by atoms with Crippen molar-refractivity contribution in [3.05, 3.63) is 65.9 Å². The third-order valence-corrected chi connectivity index (χ3v) is 7.61. The highest BCUT2D eigenvalue weighted by Crippen LogP contribution is 2.19. The normalized spacial score (nSPS) is 13.8. The number of nitrogens with one attached hydrogen (secondary N) is 4. The minimum Gasteiger partial charge on any atom is -0.508 e. The summed E-state index contributed by atoms with van der Waals surface area (Å²) >= 11 is 1.41. The first-order chi connectivity index (χ1) is 21.0. The number of phenols is 1. The fourth-order valence-corrected chi connectivity index (χ4v) is 5.03. The lowest BCUT2D eigenvalue weighted by Crippen LogP contribution is -2.58. The maximum atomic E-state index is 13.6. The number of aromatic amines is 1. The van der Waals surface area contributed by atoms with Crippen LogP contribution in [0.15, 0.2) is 54.7 Å². The summed E-state index contributed by atoms with van der Waals surface area (Å²) in [5.41, 5.74) is 8.58. The molecule has 44 heavy (non-hydrogen) atoms. The number of amides is 3. The summed E-state index contributed by atoms with van der Waals surface area (Å²) in [6, 6.07) is 8.79. The summed E-state index contributed by atoms with van der Waals surface area (Å²) in [4.78, 5) is 65.6. The molecule has 236 valence electrons. The van der Waals surface area contributed by atoms with Gasteiger partial charge in [0, 0.05) is 29.9 Å². The number of hydrogen-bond acceptors (Lipinski definition) is 8. The molecular weight excluding hydrogens is 590 g/mol. The number of H-pyrrole nitrogens is 1. The number of para-hydroxylation sites is 1. The number of aromatic hydroxyl groups is 1. The Morgan fingerprint density at radius 3 is 2.14 bits per heavy atom. The Morgan fingerprint density at radius 2 is 1.48 bits per heavy atom. The minimum absolute atomic E-state index is 0.00485. The molecule has 3 amide bonds. The lowest BCUT2D eigenvalue weighted by Gasteiger charge is -2.25. The third kappa shape index (κ3) is 10.0. The second kappa shape index (κ2) is 16.3. The monoisotopic (exact) mass is 627 g/mol. The Hall–Kier alpha value is -4.56. The van der Waals surface area contributed by atoms with Crippen LogP contribution in [-0.4, -0.2) is 86.1 Å². The van der Waals surface area contributed by atoms with Gasteiger partial charge >= 0.3 is 11.9 Å². The average molecular weight is 628 g/mol. The Balaban J connectivity index is 1.77. The molecule has 0 radical (unpaired) electrons. The molecule has 4 unspecified atom stereocenters. The van der Waals surface area contributed by atoms with Gasteiger partial charge in [0.15, 0.2) is 0 Å². The minimum atomic E-state index is -1.47. The van der Waals surface area contributed by atoms with E-state index in [0.29, 0.717) is 11.3 Å². The number of hydrogen-bond donors (Lipinski definition) is 8. The second-order valence-electron chi connectivity index (χ2n) is 10.3. The zero-order chi connectivity index (χ0) is 32.2. The van der Waals surface area contributed by atoms with E-state index in [1.165, 1.54) is 23.9 Å². The number of carbonyl (C=O) groups excluding carboxylic acids is 3. The second-order valence-corrected chi connectivity index (χ2v) is 11.3. The number of nitrogens with two attached hydrogens (primary N) is 1. The number of rotatable bonds is 17. The van der Waals surface area contributed by atoms with Crippen molar-refractivity contribution >= 4 is 52.3 Å². The maximum absolute atomic E-state index is 13.6. The molecule has 4 atom stereocenters. The van der Waals surface area contributed by atoms with E-state index < -0.39 is 60.2 Å². The Bertz CT molecular complexity index is 1460. The van der Waals surface area contributed by atoms with Gasteiger partial charge < -0.3 is 42.0 Å². The zero-order valence-corrected chi connectivity index (χ0v) is 24.9. The molecule has 0 spiro atoms. The molecule has 0 aliphatic rings. The fourth-order valence-electron chi connectivity index (χ4n) is 4.56. The summed E-state index contributed by atoms with van der Waals surface area (Å²) in [6.45, 7) is 0. The smallest absolute Gasteiger partial charge is 0.326 e. The molecule has 0 aliphatic heterocycles. The van der Waals surface area contributed by atoms with E-state index in [9.17, 15) is 34.2 Å². The van der Waals surface area contributed by atoms with Crippen molar-refractivity contribution in [2.45, 2.75) is 56.3 Å². The number of carboxylic acids is 2. The van der Waals surface area contributed by atoms with Crippen LogP contribution in [0.2, 0.25) is 0 Å². The standard InChI is InChI=1S/C30H37N5O8S/c1-44-13-12-23(28(40)34-24(30(42)43)10-11-26(37)38)33-29(41)25(14-17-6-8-19(36)9-7-17)35-27(39)21(31)15-18-16-32-22-5-3-2-4-20(18)22/h2-9,16,21,23-25,32,36H,10-15,31H2,1H3,(H,33,41)(H,34,40)(H,35,39)(H,37,38)(H,42,43). The lowest BCUT2D eigenvalue weighted by atomic mass is 10.0. The van der Waals surface area contributed by atoms with Crippen molar-refractivity contribution in [1.82, 2.24) is 20.9 Å². The van der Waals surface area contributed by atoms with Crippen LogP contribution in [0.1, 0.15) is 30.4 Å². The number of phenolic OH excluding ortho intramolecular Hbond substituents is 1. The summed E-state index contributed by atoms with van der Waals surface area (Å²) in [7, 11) is 0. The van der Waals surface area contributed by atoms with Crippen LogP contribution in [0.4, 0.5) is 0 Å². The Morgan fingerprint density at radius 1 is 0.841 bits per heavy atom. The highest BCUT2D eigenvalue weighted by atomic mass is 32.2. The van der Waals surface area contributed by atoms with Crippen molar-refractivity contribution in [2.24, 2.45) is 5.73 Å². The van der Waals surface area contributed by atoms with Crippen molar-refractivity contribution in [1.29, 1.82) is 0 Å². The topological polar surface area (TPSA) is 224 Å². The van der Waals surface area contributed by atoms with E-state index in [4.69, 9.17) is 10.8 Å². The van der Waals surface area contributed by atoms with Gasteiger partial charge in [-0.1, -0.05) is 30.3 Å². The molecule has 0 fully saturated rings. The van der Waals surface area contributed by atoms with E-state index in [-0.39, 0.29) is 31.4 Å². The van der Waals surface area contributed by atoms with Gasteiger partial charge in [0.2, 0.25) is 17.7 Å². The predicted molar refractivity (Wildman–Crippen MR) is 165 cm³/mol. The highest BCUT2D eigenvalue weighted by Gasteiger charge is 2.31. The first kappa shape index (κ1) is 33.9. The number of carbonyl (C=O) groups is 5. The van der Waals surface area contributed by atoms with Gasteiger partial charge in [0.1, 0.15) is 23.9 Å². The molecule has 0 bridgehead atoms. The van der Waals surface area contributed by atoms with Gasteiger partial charge in [-0.05, 0) is 60.6 Å². The Labute approximate surface area is 258 Å². The van der Waals surface area contributed by atoms with E-state index in [2.05, 4.69) is 20.9 Å². The molecule has 2 aromatic carbocycles. The van der Waals surface area contributed by atoms with Gasteiger partial charge in [-0.25, -0.2) is 4.79 Å². The van der Waals surface area contributed by atoms with Crippen molar-refractivity contribution < 1.29 is 39.3 Å². The van der Waals surface area contributed by atoms with Crippen LogP contribution in [0.5, 0.6) is 5.75 Å². The lowest BCUT2D eigenvalue weighted by molar-refractivity contribution is -0.143. The average Bonchev–Trinajstić information content (AvgIpc) is 3.40. The zero-order valence-electron chi connectivity index (χ0n) is 24.1. The van der Waals surface area contributed by atoms with E-state index in [0.717, 1.165) is 16.5 Å². The molecule has 9 N–H and O–H groups in total. The van der Waals surface area contributed by atoms with Crippen LogP contribution in [0.25, 0.3) is 10.9 Å². The van der Waals surface area contributed by atoms with Crippen molar-refractivity contribution in [3.63, 3.8) is 0 Å². The molecule has 14 heteroatoms. The number of aromatic nitrogens is 1. The molecule has 0 aliphatic carbocycles. The highest BCUT2D eigenvalue weighted by molar-refractivity contribution is 7.98. The quantitative estimate of drug-likeness (QED) is 0.107. The fraction of sp³-hybridized carbons (Fsp3) is 0.367. The van der Waals surface area contributed by atoms with Crippen LogP contribution < -0.4 is 21.7 Å². The van der Waals surface area contributed by atoms with Gasteiger partial charge in [-0.15, -0.1) is 0 Å². The summed E-state index contributed by atoms with van der Waals surface area (Å²) in [5.74, 6) is -4.26. The first-order valence-corrected chi connectivity index (χ1v) is 15.3. The van der Waals surface area contributed by atoms with E-state index >= 15 is 0 Å². The largest absolute Gasteiger partial charge is 0.508 e. The van der Waals surface area contributed by atoms with E-state index in [1.54, 1.807) is 24.6 Å². The molecule has 1 heterocycles. The molecule has 3 aromatic rings. The molecule has 1 aromatic heterocycles. The molecular formula is C30H37N5O8S. The van der Waals surface area contributed by atoms with Gasteiger partial charge in [-0.2, -0.15) is 11.8 Å². The first-order valence-electron chi connectivity index (χ1n) is 13.9. The van der Waals surface area contributed by atoms with Crippen molar-refractivity contribution in [2.75, 3.05) is 12.0 Å². The maximum Gasteiger partial charge on any atom is 0.326 e. The third-order valence-electron chi connectivity index (χ3n) is 6.97. The Kier molecular flexibility index (Phi) is 12.6. The summed E-state index contributed by atoms with van der Waals surface area (Å²) < 4.78 is 0. The van der Waals surface area contributed by atoms with Crippen LogP contribution in [-0.2, 0) is 36.8 Å². The number of benzene rings is 2. The number of carboxylic acid groups (broad SMARTS) is 2. The van der Waals surface area contributed by atoms with E-state index in [1.807, 2.05) is 24.3 Å². The molecule has 0 saturated heterocycles. The van der Waals surface area contributed by atoms with Gasteiger partial charge in [-0.3, -0.25) is 19.2 Å². The van der Waals surface area contributed by atoms with Crippen LogP contribution in [0.3, 0.4) is 0 Å². The number of aliphatic carboxylic acids is 2. The summed E-state index contributed by atoms with van der Waals surface area (Å²) in [5, 5.41) is 36.6. The SMILES string of the molecule is CSCCC(NC(=O)C(Cc1ccc(O)cc1)NC(=O)C(N)Cc1c[nH]c2ccccc12)C(=O)NC(CCC(=O)O)C(=O)O. The molecule has 0 saturated carbocycles. The van der Waals surface area contributed by atoms with Gasteiger partial charge in [0.05, 0.1) is 6.04 Å². The number of fused-ring (bicyclic) bond motifs is 1. The van der Waals surface area contributed by atoms with Crippen LogP contribution >= 0.6 is 11.8 Å². The van der Waals surface area contributed by atoms with Crippen molar-refractivity contribution in [3.8, 4) is 5.75 Å². The summed E-state index contributed by atoms with van der Waals surface area (Å²) in [6.07, 6.45) is 3.09.